The molecule has 1 spiro atoms. The van der Waals surface area contributed by atoms with Crippen molar-refractivity contribution in [3.05, 3.63) is 84.5 Å². The molecule has 4 aliphatic rings. The second-order valence-corrected chi connectivity index (χ2v) is 11.6. The van der Waals surface area contributed by atoms with E-state index in [0.29, 0.717) is 30.9 Å². The number of carbonyl (C=O) groups excluding carboxylic acids is 3. The normalized spacial score (nSPS) is 31.0. The summed E-state index contributed by atoms with van der Waals surface area (Å²) in [5.74, 6) is -1.94. The molecule has 2 aromatic rings. The first kappa shape index (κ1) is 28.2. The Bertz CT molecular complexity index is 1430. The van der Waals surface area contributed by atoms with Crippen LogP contribution in [0.1, 0.15) is 25.8 Å². The van der Waals surface area contributed by atoms with Gasteiger partial charge in [-0.15, -0.1) is 0 Å². The summed E-state index contributed by atoms with van der Waals surface area (Å²) >= 11 is 0. The number of fused-ring (bicyclic) bond motifs is 2. The third-order valence-electron chi connectivity index (χ3n) is 9.30. The van der Waals surface area contributed by atoms with Gasteiger partial charge in [-0.25, -0.2) is 0 Å². The molecule has 6 rings (SSSR count). The van der Waals surface area contributed by atoms with E-state index in [1.807, 2.05) is 61.6 Å². The van der Waals surface area contributed by atoms with Gasteiger partial charge in [-0.05, 0) is 43.2 Å². The summed E-state index contributed by atoms with van der Waals surface area (Å²) < 4.78 is 12.3. The lowest BCUT2D eigenvalue weighted by Crippen LogP contribution is -2.58. The molecular formula is C33H37N3O6. The highest BCUT2D eigenvalue weighted by Crippen LogP contribution is 2.59. The second kappa shape index (κ2) is 10.7. The van der Waals surface area contributed by atoms with Crippen molar-refractivity contribution >= 4 is 23.4 Å². The fourth-order valence-electron chi connectivity index (χ4n) is 7.25. The lowest BCUT2D eigenvalue weighted by atomic mass is 9.73. The molecule has 0 saturated carbocycles. The number of ether oxygens (including phenoxy) is 2. The fourth-order valence-corrected chi connectivity index (χ4v) is 7.25. The summed E-state index contributed by atoms with van der Waals surface area (Å²) in [5, 5.41) is 10.2. The van der Waals surface area contributed by atoms with Crippen molar-refractivity contribution in [1.29, 1.82) is 0 Å². The highest BCUT2D eigenvalue weighted by atomic mass is 16.5. The van der Waals surface area contributed by atoms with Crippen molar-refractivity contribution in [3.63, 3.8) is 0 Å². The van der Waals surface area contributed by atoms with Crippen molar-refractivity contribution in [2.75, 3.05) is 31.7 Å². The van der Waals surface area contributed by atoms with Gasteiger partial charge in [0.1, 0.15) is 17.4 Å². The van der Waals surface area contributed by atoms with Crippen LogP contribution in [0.15, 0.2) is 78.9 Å². The SMILES string of the molecule is CC[C@]12C=CCN(Cc3ccccc3)C(=O)[C@H]1[C@H]1C(=O)N([C@H](C)CO)C3C(=O)N(c4ccc(OC)cc4)CC=C[C@@]31O2. The predicted molar refractivity (Wildman–Crippen MR) is 156 cm³/mol. The molecule has 0 radical (unpaired) electrons. The van der Waals surface area contributed by atoms with Crippen molar-refractivity contribution < 1.29 is 29.0 Å². The van der Waals surface area contributed by atoms with E-state index in [0.717, 1.165) is 5.56 Å². The van der Waals surface area contributed by atoms with Crippen LogP contribution in [0, 0.1) is 11.8 Å². The van der Waals surface area contributed by atoms with Gasteiger partial charge in [-0.3, -0.25) is 14.4 Å². The summed E-state index contributed by atoms with van der Waals surface area (Å²) in [7, 11) is 1.58. The lowest BCUT2D eigenvalue weighted by molar-refractivity contribution is -0.152. The maximum absolute atomic E-state index is 14.5. The Morgan fingerprint density at radius 2 is 1.67 bits per heavy atom. The van der Waals surface area contributed by atoms with E-state index >= 15 is 0 Å². The number of rotatable bonds is 7. The van der Waals surface area contributed by atoms with Gasteiger partial charge < -0.3 is 29.3 Å². The van der Waals surface area contributed by atoms with E-state index < -0.39 is 35.1 Å². The minimum absolute atomic E-state index is 0.171. The first-order chi connectivity index (χ1) is 20.3. The van der Waals surface area contributed by atoms with Gasteiger partial charge in [0.2, 0.25) is 11.8 Å². The Kier molecular flexibility index (Phi) is 7.19. The molecule has 1 unspecified atom stereocenters. The van der Waals surface area contributed by atoms with Gasteiger partial charge in [0.25, 0.3) is 5.91 Å². The molecule has 6 atom stereocenters. The largest absolute Gasteiger partial charge is 0.497 e. The molecule has 3 amide bonds. The molecule has 9 heteroatoms. The molecule has 1 N–H and O–H groups in total. The van der Waals surface area contributed by atoms with Crippen LogP contribution in [-0.2, 0) is 25.7 Å². The van der Waals surface area contributed by atoms with E-state index in [2.05, 4.69) is 0 Å². The Balaban J connectivity index is 1.45. The molecule has 9 nitrogen and oxygen atoms in total. The topological polar surface area (TPSA) is 99.6 Å². The highest BCUT2D eigenvalue weighted by Gasteiger charge is 2.75. The Hall–Kier alpha value is -3.95. The zero-order valence-corrected chi connectivity index (χ0v) is 24.2. The summed E-state index contributed by atoms with van der Waals surface area (Å²) in [4.78, 5) is 48.3. The molecule has 4 aliphatic heterocycles. The summed E-state index contributed by atoms with van der Waals surface area (Å²) in [6.45, 7) is 4.40. The number of nitrogens with zero attached hydrogens (tertiary/aromatic N) is 3. The average Bonchev–Trinajstić information content (AvgIpc) is 3.32. The molecule has 0 bridgehead atoms. The monoisotopic (exact) mass is 571 g/mol. The molecular weight excluding hydrogens is 534 g/mol. The van der Waals surface area contributed by atoms with E-state index in [1.54, 1.807) is 48.1 Å². The minimum atomic E-state index is -1.38. The van der Waals surface area contributed by atoms with Crippen LogP contribution in [0.3, 0.4) is 0 Å². The fraction of sp³-hybridized carbons (Fsp3) is 0.424. The third kappa shape index (κ3) is 4.17. The van der Waals surface area contributed by atoms with E-state index in [-0.39, 0.29) is 30.9 Å². The van der Waals surface area contributed by atoms with Crippen LogP contribution in [0.25, 0.3) is 0 Å². The van der Waals surface area contributed by atoms with Gasteiger partial charge in [-0.2, -0.15) is 0 Å². The van der Waals surface area contributed by atoms with E-state index in [4.69, 9.17) is 9.47 Å². The van der Waals surface area contributed by atoms with Crippen LogP contribution in [0.5, 0.6) is 5.75 Å². The Morgan fingerprint density at radius 3 is 2.33 bits per heavy atom. The van der Waals surface area contributed by atoms with Crippen molar-refractivity contribution in [3.8, 4) is 5.75 Å². The predicted octanol–water partition coefficient (Wildman–Crippen LogP) is 2.94. The zero-order chi connectivity index (χ0) is 29.6. The number of anilines is 1. The van der Waals surface area contributed by atoms with Gasteiger partial charge in [0.15, 0.2) is 0 Å². The smallest absolute Gasteiger partial charge is 0.253 e. The number of aliphatic hydroxyl groups is 1. The number of amides is 3. The molecule has 4 heterocycles. The van der Waals surface area contributed by atoms with Crippen LogP contribution in [-0.4, -0.2) is 82.7 Å². The number of carbonyl (C=O) groups is 3. The maximum atomic E-state index is 14.5. The number of aliphatic hydroxyl groups excluding tert-OH is 1. The highest BCUT2D eigenvalue weighted by molar-refractivity contribution is 6.06. The quantitative estimate of drug-likeness (QED) is 0.513. The number of methoxy groups -OCH3 is 1. The van der Waals surface area contributed by atoms with Crippen molar-refractivity contribution in [2.24, 2.45) is 11.8 Å². The molecule has 42 heavy (non-hydrogen) atoms. The van der Waals surface area contributed by atoms with Gasteiger partial charge in [0, 0.05) is 25.3 Å². The first-order valence-electron chi connectivity index (χ1n) is 14.6. The summed E-state index contributed by atoms with van der Waals surface area (Å²) in [6, 6.07) is 15.2. The number of hydrogen-bond acceptors (Lipinski definition) is 6. The van der Waals surface area contributed by atoms with Crippen molar-refractivity contribution in [1.82, 2.24) is 9.80 Å². The van der Waals surface area contributed by atoms with Crippen LogP contribution in [0.4, 0.5) is 5.69 Å². The summed E-state index contributed by atoms with van der Waals surface area (Å²) in [6.07, 6.45) is 8.03. The van der Waals surface area contributed by atoms with Crippen LogP contribution in [0.2, 0.25) is 0 Å². The van der Waals surface area contributed by atoms with E-state index in [1.165, 1.54) is 4.90 Å². The molecule has 2 saturated heterocycles. The number of likely N-dealkylation sites (tertiary alicyclic amines) is 1. The Morgan fingerprint density at radius 1 is 0.952 bits per heavy atom. The number of hydrogen-bond donors (Lipinski definition) is 1. The van der Waals surface area contributed by atoms with E-state index in [9.17, 15) is 19.5 Å². The van der Waals surface area contributed by atoms with Crippen LogP contribution >= 0.6 is 0 Å². The summed E-state index contributed by atoms with van der Waals surface area (Å²) in [5.41, 5.74) is -0.801. The van der Waals surface area contributed by atoms with Crippen LogP contribution < -0.4 is 9.64 Å². The molecule has 220 valence electrons. The molecule has 2 aromatic carbocycles. The Labute approximate surface area is 246 Å². The standard InChI is InChI=1S/C33H37N3O6/c1-4-32-16-8-18-34(20-23-10-6-5-7-11-23)29(38)26(32)27-30(39)36(22(2)21-37)28-31(40)35(19-9-17-33(27,28)42-32)24-12-14-25(41-3)15-13-24/h5-17,22,26-28,37H,4,18-21H2,1-3H3/t22-,26-,27+,28?,32+,33+/m1/s1. The lowest BCUT2D eigenvalue weighted by Gasteiger charge is -2.40. The molecule has 0 aromatic heterocycles. The van der Waals surface area contributed by atoms with Crippen molar-refractivity contribution in [2.45, 2.75) is 50.1 Å². The van der Waals surface area contributed by atoms with Gasteiger partial charge >= 0.3 is 0 Å². The van der Waals surface area contributed by atoms with Gasteiger partial charge in [0.05, 0.1) is 37.2 Å². The average molecular weight is 572 g/mol. The third-order valence-corrected chi connectivity index (χ3v) is 9.30. The maximum Gasteiger partial charge on any atom is 0.253 e. The molecule has 0 aliphatic carbocycles. The zero-order valence-electron chi connectivity index (χ0n) is 24.2. The second-order valence-electron chi connectivity index (χ2n) is 11.6. The first-order valence-corrected chi connectivity index (χ1v) is 14.6. The number of benzene rings is 2. The van der Waals surface area contributed by atoms with Gasteiger partial charge in [-0.1, -0.05) is 61.6 Å². The minimum Gasteiger partial charge on any atom is -0.497 e. The molecule has 2 fully saturated rings.